The molecule has 2 saturated carbocycles. The number of nitrogens with zero attached hydrogens (tertiary/aromatic N) is 5. The van der Waals surface area contributed by atoms with Gasteiger partial charge in [-0.1, -0.05) is 24.4 Å². The zero-order valence-electron chi connectivity index (χ0n) is 18.1. The molecule has 0 spiro atoms. The van der Waals surface area contributed by atoms with Crippen molar-refractivity contribution in [2.45, 2.75) is 38.1 Å². The van der Waals surface area contributed by atoms with E-state index in [4.69, 9.17) is 21.6 Å². The number of aromatic nitrogens is 6. The Morgan fingerprint density at radius 1 is 1.27 bits per heavy atom. The number of halogens is 1. The second kappa shape index (κ2) is 7.69. The quantitative estimate of drug-likeness (QED) is 0.411. The van der Waals surface area contributed by atoms with Crippen LogP contribution in [-0.4, -0.2) is 46.6 Å². The second-order valence-corrected chi connectivity index (χ2v) is 9.68. The number of carboxylic acids is 1. The lowest BCUT2D eigenvalue weighted by Crippen LogP contribution is -2.47. The van der Waals surface area contributed by atoms with Crippen LogP contribution in [0.3, 0.4) is 0 Å². The topological polar surface area (TPSA) is 122 Å². The van der Waals surface area contributed by atoms with Crippen molar-refractivity contribution in [1.82, 2.24) is 29.5 Å². The first kappa shape index (κ1) is 20.4. The number of H-pyrrole nitrogens is 1. The summed E-state index contributed by atoms with van der Waals surface area (Å²) in [7, 11) is 1.93. The lowest BCUT2D eigenvalue weighted by atomic mass is 9.64. The summed E-state index contributed by atoms with van der Waals surface area (Å²) in [5.41, 5.74) is 2.65. The molecule has 2 unspecified atom stereocenters. The summed E-state index contributed by atoms with van der Waals surface area (Å²) < 4.78 is 1.93. The third kappa shape index (κ3) is 3.42. The fourth-order valence-electron chi connectivity index (χ4n) is 5.81. The average Bonchev–Trinajstić information content (AvgIpc) is 3.37. The molecule has 170 valence electrons. The summed E-state index contributed by atoms with van der Waals surface area (Å²) in [6.45, 7) is 0. The Kier molecular flexibility index (Phi) is 4.76. The van der Waals surface area contributed by atoms with E-state index in [1.54, 1.807) is 6.20 Å². The van der Waals surface area contributed by atoms with Gasteiger partial charge in [-0.3, -0.25) is 4.79 Å². The molecule has 6 rings (SSSR count). The number of aliphatic carboxylic acids is 1. The molecule has 4 heterocycles. The molecule has 2 fully saturated rings. The van der Waals surface area contributed by atoms with Gasteiger partial charge in [-0.15, -0.1) is 0 Å². The number of aryl methyl sites for hydroxylation is 1. The molecule has 33 heavy (non-hydrogen) atoms. The molecule has 0 aliphatic heterocycles. The maximum atomic E-state index is 12.2. The first-order valence-corrected chi connectivity index (χ1v) is 11.7. The van der Waals surface area contributed by atoms with Crippen LogP contribution >= 0.6 is 11.6 Å². The summed E-state index contributed by atoms with van der Waals surface area (Å²) in [5, 5.41) is 14.8. The minimum atomic E-state index is -0.724. The molecule has 0 amide bonds. The zero-order chi connectivity index (χ0) is 22.7. The van der Waals surface area contributed by atoms with Crippen LogP contribution in [0.15, 0.2) is 24.7 Å². The number of hydrogen-bond acceptors (Lipinski definition) is 6. The number of rotatable bonds is 4. The van der Waals surface area contributed by atoms with E-state index in [0.29, 0.717) is 39.4 Å². The summed E-state index contributed by atoms with van der Waals surface area (Å²) in [5.74, 6) is 0.768. The maximum Gasteiger partial charge on any atom is 0.308 e. The van der Waals surface area contributed by atoms with Gasteiger partial charge in [-0.25, -0.2) is 19.9 Å². The van der Waals surface area contributed by atoms with Gasteiger partial charge in [0.1, 0.15) is 22.1 Å². The molecule has 0 aromatic carbocycles. The van der Waals surface area contributed by atoms with Crippen molar-refractivity contribution in [2.75, 3.05) is 5.32 Å². The molecule has 0 radical (unpaired) electrons. The van der Waals surface area contributed by atoms with Crippen molar-refractivity contribution < 1.29 is 9.90 Å². The Labute approximate surface area is 194 Å². The van der Waals surface area contributed by atoms with Gasteiger partial charge in [0.15, 0.2) is 11.5 Å². The number of nitrogens with one attached hydrogen (secondary N) is 2. The van der Waals surface area contributed by atoms with E-state index in [1.165, 1.54) is 12.6 Å². The van der Waals surface area contributed by atoms with Crippen LogP contribution in [0.5, 0.6) is 0 Å². The zero-order valence-corrected chi connectivity index (χ0v) is 18.9. The Morgan fingerprint density at radius 2 is 2.15 bits per heavy atom. The normalized spacial score (nSPS) is 24.9. The third-order valence-corrected chi connectivity index (χ3v) is 7.46. The number of anilines is 1. The standard InChI is InChI=1S/C23H24ClN7O2/c1-31-6-5-13-19(27-15-8-11-3-2-4-12(7-11)17(15)23(32)33)29-20(30-22(13)31)14-9-25-21-18(14)28-16(24)10-26-21/h5-6,9-12,15,17H,2-4,7-8H2,1H3,(H,25,26)(H,32,33)(H,27,29,30)/t11?,12?,15-,17-/m0/s1. The molecular formula is C23H24ClN7O2. The number of fused-ring (bicyclic) bond motifs is 4. The van der Waals surface area contributed by atoms with Crippen LogP contribution < -0.4 is 5.32 Å². The first-order chi connectivity index (χ1) is 16.0. The van der Waals surface area contributed by atoms with Crippen molar-refractivity contribution in [2.24, 2.45) is 24.8 Å². The Morgan fingerprint density at radius 3 is 3.00 bits per heavy atom. The van der Waals surface area contributed by atoms with Gasteiger partial charge in [0.05, 0.1) is 23.1 Å². The molecule has 2 bridgehead atoms. The highest BCUT2D eigenvalue weighted by Crippen LogP contribution is 2.44. The van der Waals surface area contributed by atoms with E-state index in [2.05, 4.69) is 20.3 Å². The largest absolute Gasteiger partial charge is 0.481 e. The van der Waals surface area contributed by atoms with Crippen LogP contribution in [0, 0.1) is 17.8 Å². The van der Waals surface area contributed by atoms with Crippen molar-refractivity contribution in [1.29, 1.82) is 0 Å². The van der Waals surface area contributed by atoms with E-state index < -0.39 is 11.9 Å². The smallest absolute Gasteiger partial charge is 0.308 e. The Balaban J connectivity index is 1.46. The minimum absolute atomic E-state index is 0.171. The van der Waals surface area contributed by atoms with E-state index in [0.717, 1.165) is 36.7 Å². The van der Waals surface area contributed by atoms with Gasteiger partial charge in [0.25, 0.3) is 0 Å². The fourth-order valence-corrected chi connectivity index (χ4v) is 5.95. The molecule has 2 aliphatic carbocycles. The predicted octanol–water partition coefficient (Wildman–Crippen LogP) is 4.25. The van der Waals surface area contributed by atoms with Crippen LogP contribution in [0.25, 0.3) is 33.6 Å². The SMILES string of the molecule is Cn1ccc2c(N[C@H]3CC4CCCC(C4)[C@@H]3C(=O)O)nc(-c3c[nH]c4ncc(Cl)nc34)nc21. The average molecular weight is 466 g/mol. The lowest BCUT2D eigenvalue weighted by Gasteiger charge is -2.43. The molecular weight excluding hydrogens is 442 g/mol. The number of hydrogen-bond donors (Lipinski definition) is 3. The van der Waals surface area contributed by atoms with Gasteiger partial charge >= 0.3 is 5.97 Å². The summed E-state index contributed by atoms with van der Waals surface area (Å²) in [6, 6.07) is 1.79. The molecule has 0 saturated heterocycles. The van der Waals surface area contributed by atoms with Crippen LogP contribution in [-0.2, 0) is 11.8 Å². The fraction of sp³-hybridized carbons (Fsp3) is 0.435. The number of carbonyl (C=O) groups is 1. The minimum Gasteiger partial charge on any atom is -0.481 e. The summed E-state index contributed by atoms with van der Waals surface area (Å²) in [4.78, 5) is 33.7. The van der Waals surface area contributed by atoms with Gasteiger partial charge in [0.2, 0.25) is 0 Å². The lowest BCUT2D eigenvalue weighted by molar-refractivity contribution is -0.146. The van der Waals surface area contributed by atoms with Crippen LogP contribution in [0.4, 0.5) is 5.82 Å². The van der Waals surface area contributed by atoms with Crippen molar-refractivity contribution >= 4 is 45.6 Å². The highest BCUT2D eigenvalue weighted by atomic mass is 35.5. The molecule has 4 atom stereocenters. The van der Waals surface area contributed by atoms with E-state index in [9.17, 15) is 9.90 Å². The van der Waals surface area contributed by atoms with Crippen LogP contribution in [0.2, 0.25) is 5.15 Å². The maximum absolute atomic E-state index is 12.2. The highest BCUT2D eigenvalue weighted by Gasteiger charge is 2.44. The molecule has 2 aliphatic rings. The summed E-state index contributed by atoms with van der Waals surface area (Å²) >= 11 is 6.09. The highest BCUT2D eigenvalue weighted by molar-refractivity contribution is 6.29. The molecule has 3 N–H and O–H groups in total. The van der Waals surface area contributed by atoms with Crippen molar-refractivity contribution in [3.8, 4) is 11.4 Å². The number of carboxylic acid groups (broad SMARTS) is 1. The van der Waals surface area contributed by atoms with E-state index >= 15 is 0 Å². The molecule has 4 aromatic rings. The monoisotopic (exact) mass is 465 g/mol. The first-order valence-electron chi connectivity index (χ1n) is 11.3. The van der Waals surface area contributed by atoms with Crippen molar-refractivity contribution in [3.63, 3.8) is 0 Å². The van der Waals surface area contributed by atoms with Gasteiger partial charge in [-0.05, 0) is 37.2 Å². The van der Waals surface area contributed by atoms with Gasteiger partial charge in [-0.2, -0.15) is 0 Å². The summed E-state index contributed by atoms with van der Waals surface area (Å²) in [6.07, 6.45) is 10.3. The van der Waals surface area contributed by atoms with Gasteiger partial charge < -0.3 is 20.0 Å². The number of aromatic amines is 1. The molecule has 9 nitrogen and oxygen atoms in total. The Hall–Kier alpha value is -3.20. The molecule has 10 heteroatoms. The Bertz CT molecular complexity index is 1380. The van der Waals surface area contributed by atoms with E-state index in [1.807, 2.05) is 23.9 Å². The van der Waals surface area contributed by atoms with Crippen molar-refractivity contribution in [3.05, 3.63) is 29.8 Å². The van der Waals surface area contributed by atoms with Gasteiger partial charge in [0, 0.05) is 25.5 Å². The molecule has 4 aromatic heterocycles. The predicted molar refractivity (Wildman–Crippen MR) is 125 cm³/mol. The second-order valence-electron chi connectivity index (χ2n) is 9.30. The van der Waals surface area contributed by atoms with E-state index in [-0.39, 0.29) is 12.0 Å². The van der Waals surface area contributed by atoms with Crippen LogP contribution in [0.1, 0.15) is 32.1 Å². The third-order valence-electron chi connectivity index (χ3n) is 7.28.